The highest BCUT2D eigenvalue weighted by Crippen LogP contribution is 2.24. The Morgan fingerprint density at radius 3 is 2.47 bits per heavy atom. The molecule has 7 heteroatoms. The summed E-state index contributed by atoms with van der Waals surface area (Å²) >= 11 is 12.1. The van der Waals surface area contributed by atoms with Crippen molar-refractivity contribution in [2.24, 2.45) is 0 Å². The number of hydrogen-bond acceptors (Lipinski definition) is 5. The molecular formula is C27H22Cl2O5. The van der Waals surface area contributed by atoms with Gasteiger partial charge < -0.3 is 14.2 Å². The van der Waals surface area contributed by atoms with E-state index in [1.807, 2.05) is 18.2 Å². The van der Waals surface area contributed by atoms with Gasteiger partial charge in [-0.05, 0) is 53.1 Å². The number of ketones is 1. The lowest BCUT2D eigenvalue weighted by Gasteiger charge is -2.13. The Labute approximate surface area is 208 Å². The van der Waals surface area contributed by atoms with Crippen LogP contribution in [-0.4, -0.2) is 26.0 Å². The maximum absolute atomic E-state index is 12.7. The lowest BCUT2D eigenvalue weighted by molar-refractivity contribution is -0.133. The van der Waals surface area contributed by atoms with Crippen molar-refractivity contribution in [1.29, 1.82) is 0 Å². The minimum atomic E-state index is -0.519. The van der Waals surface area contributed by atoms with Gasteiger partial charge >= 0.3 is 5.97 Å². The van der Waals surface area contributed by atoms with Crippen LogP contribution in [0.1, 0.15) is 27.0 Å². The molecule has 0 radical (unpaired) electrons. The van der Waals surface area contributed by atoms with Crippen molar-refractivity contribution in [3.8, 4) is 5.75 Å². The van der Waals surface area contributed by atoms with Crippen LogP contribution in [0.15, 0.2) is 79.1 Å². The number of rotatable bonds is 9. The zero-order valence-electron chi connectivity index (χ0n) is 18.6. The van der Waals surface area contributed by atoms with Crippen molar-refractivity contribution in [2.45, 2.75) is 6.61 Å². The molecule has 3 aromatic rings. The molecular weight excluding hydrogens is 475 g/mol. The minimum Gasteiger partial charge on any atom is -0.503 e. The summed E-state index contributed by atoms with van der Waals surface area (Å²) in [4.78, 5) is 24.8. The van der Waals surface area contributed by atoms with Crippen molar-refractivity contribution < 1.29 is 23.8 Å². The van der Waals surface area contributed by atoms with E-state index in [0.29, 0.717) is 32.5 Å². The molecule has 0 unspecified atom stereocenters. The molecule has 174 valence electrons. The predicted octanol–water partition coefficient (Wildman–Crippen LogP) is 6.63. The summed E-state index contributed by atoms with van der Waals surface area (Å²) in [5.74, 6) is -0.212. The van der Waals surface area contributed by atoms with Gasteiger partial charge in [0.15, 0.2) is 5.78 Å². The highest BCUT2D eigenvalue weighted by molar-refractivity contribution is 6.35. The zero-order chi connectivity index (χ0) is 24.5. The second-order valence-corrected chi connectivity index (χ2v) is 7.94. The molecule has 3 rings (SSSR count). The topological polar surface area (TPSA) is 61.8 Å². The summed E-state index contributed by atoms with van der Waals surface area (Å²) in [5, 5.41) is 0.984. The fraction of sp³-hybridized carbons (Fsp3) is 0.111. The highest BCUT2D eigenvalue weighted by Gasteiger charge is 2.17. The molecule has 0 saturated carbocycles. The smallest absolute Gasteiger partial charge is 0.341 e. The molecule has 0 heterocycles. The van der Waals surface area contributed by atoms with Crippen LogP contribution in [0, 0.1) is 0 Å². The van der Waals surface area contributed by atoms with Crippen molar-refractivity contribution in [3.05, 3.63) is 111 Å². The molecule has 0 N–H and O–H groups in total. The second-order valence-electron chi connectivity index (χ2n) is 7.10. The molecule has 3 aromatic carbocycles. The van der Waals surface area contributed by atoms with Gasteiger partial charge in [0.05, 0.1) is 20.5 Å². The number of carbonyl (C=O) groups excluding carboxylic acids is 2. The van der Waals surface area contributed by atoms with E-state index in [-0.39, 0.29) is 18.0 Å². The second kappa shape index (κ2) is 12.1. The van der Waals surface area contributed by atoms with Crippen molar-refractivity contribution in [1.82, 2.24) is 0 Å². The van der Waals surface area contributed by atoms with Gasteiger partial charge in [-0.2, -0.15) is 0 Å². The monoisotopic (exact) mass is 496 g/mol. The number of halogens is 2. The Morgan fingerprint density at radius 2 is 1.74 bits per heavy atom. The van der Waals surface area contributed by atoms with Crippen LogP contribution in [0.25, 0.3) is 11.6 Å². The number of esters is 1. The summed E-state index contributed by atoms with van der Waals surface area (Å²) in [7, 11) is 2.77. The number of methoxy groups -OCH3 is 2. The van der Waals surface area contributed by atoms with Gasteiger partial charge in [0.1, 0.15) is 17.9 Å². The number of carbonyl (C=O) groups is 2. The normalized spacial score (nSPS) is 11.4. The molecule has 0 fully saturated rings. The molecule has 0 saturated heterocycles. The number of benzene rings is 3. The highest BCUT2D eigenvalue weighted by atomic mass is 35.5. The third kappa shape index (κ3) is 6.50. The van der Waals surface area contributed by atoms with E-state index in [1.54, 1.807) is 54.6 Å². The minimum absolute atomic E-state index is 0.169. The Balaban J connectivity index is 1.76. The lowest BCUT2D eigenvalue weighted by Crippen LogP contribution is -2.08. The largest absolute Gasteiger partial charge is 0.503 e. The van der Waals surface area contributed by atoms with Crippen LogP contribution in [0.3, 0.4) is 0 Å². The van der Waals surface area contributed by atoms with Crippen molar-refractivity contribution in [2.75, 3.05) is 14.2 Å². The molecule has 0 aliphatic heterocycles. The lowest BCUT2D eigenvalue weighted by atomic mass is 10.0. The van der Waals surface area contributed by atoms with E-state index in [2.05, 4.69) is 0 Å². The first-order valence-electron chi connectivity index (χ1n) is 10.2. The van der Waals surface area contributed by atoms with E-state index in [1.165, 1.54) is 26.6 Å². The third-order valence-corrected chi connectivity index (χ3v) is 5.40. The first-order valence-corrected chi connectivity index (χ1v) is 11.0. The molecule has 0 bridgehead atoms. The summed E-state index contributed by atoms with van der Waals surface area (Å²) in [6.07, 6.45) is 4.42. The summed E-state index contributed by atoms with van der Waals surface area (Å²) < 4.78 is 15.8. The molecule has 0 aliphatic rings. The van der Waals surface area contributed by atoms with Crippen LogP contribution < -0.4 is 4.74 Å². The average Bonchev–Trinajstić information content (AvgIpc) is 2.85. The number of allylic oxidation sites excluding steroid dienone is 1. The van der Waals surface area contributed by atoms with E-state index >= 15 is 0 Å². The Morgan fingerprint density at radius 1 is 0.941 bits per heavy atom. The van der Waals surface area contributed by atoms with Gasteiger partial charge in [-0.3, -0.25) is 4.79 Å². The standard InChI is InChI=1S/C27H22Cl2O5/c1-32-17-24(27(31)33-2)23-9-4-3-6-20(23)16-34-22-8-5-7-19(14-22)26(30)13-11-18-10-12-21(28)15-25(18)29/h3-15,17H,16H2,1-2H3/b13-11+,24-17+. The Kier molecular flexibility index (Phi) is 8.91. The van der Waals surface area contributed by atoms with Crippen molar-refractivity contribution >= 4 is 46.6 Å². The fourth-order valence-corrected chi connectivity index (χ4v) is 3.63. The number of ether oxygens (including phenoxy) is 3. The SMILES string of the molecule is CO/C=C(/C(=O)OC)c1ccccc1COc1cccc(C(=O)/C=C/c2ccc(Cl)cc2Cl)c1. The van der Waals surface area contributed by atoms with Gasteiger partial charge in [0, 0.05) is 15.6 Å². The first-order chi connectivity index (χ1) is 16.4. The van der Waals surface area contributed by atoms with Crippen LogP contribution in [0.2, 0.25) is 10.0 Å². The average molecular weight is 497 g/mol. The maximum atomic E-state index is 12.7. The van der Waals surface area contributed by atoms with Gasteiger partial charge in [-0.15, -0.1) is 0 Å². The summed E-state index contributed by atoms with van der Waals surface area (Å²) in [6, 6.07) is 19.2. The molecule has 0 spiro atoms. The van der Waals surface area contributed by atoms with Gasteiger partial charge in [-0.1, -0.05) is 65.7 Å². The molecule has 0 aromatic heterocycles. The fourth-order valence-electron chi connectivity index (χ4n) is 3.16. The predicted molar refractivity (Wildman–Crippen MR) is 134 cm³/mol. The molecule has 5 nitrogen and oxygen atoms in total. The number of hydrogen-bond donors (Lipinski definition) is 0. The van der Waals surface area contributed by atoms with E-state index < -0.39 is 5.97 Å². The summed E-state index contributed by atoms with van der Waals surface area (Å²) in [6.45, 7) is 0.169. The van der Waals surface area contributed by atoms with Crippen LogP contribution in [0.5, 0.6) is 5.75 Å². The zero-order valence-corrected chi connectivity index (χ0v) is 20.1. The van der Waals surface area contributed by atoms with Crippen molar-refractivity contribution in [3.63, 3.8) is 0 Å². The Bertz CT molecular complexity index is 1250. The van der Waals surface area contributed by atoms with Gasteiger partial charge in [-0.25, -0.2) is 4.79 Å². The van der Waals surface area contributed by atoms with Crippen LogP contribution >= 0.6 is 23.2 Å². The summed E-state index contributed by atoms with van der Waals surface area (Å²) in [5.41, 5.74) is 2.81. The van der Waals surface area contributed by atoms with E-state index in [0.717, 1.165) is 5.56 Å². The maximum Gasteiger partial charge on any atom is 0.341 e. The molecule has 0 atom stereocenters. The Hall–Kier alpha value is -3.54. The third-order valence-electron chi connectivity index (χ3n) is 4.84. The van der Waals surface area contributed by atoms with Crippen LogP contribution in [-0.2, 0) is 20.9 Å². The van der Waals surface area contributed by atoms with E-state index in [4.69, 9.17) is 37.4 Å². The quantitative estimate of drug-likeness (QED) is 0.144. The van der Waals surface area contributed by atoms with E-state index in [9.17, 15) is 9.59 Å². The molecule has 0 amide bonds. The molecule has 34 heavy (non-hydrogen) atoms. The van der Waals surface area contributed by atoms with Gasteiger partial charge in [0.25, 0.3) is 0 Å². The first kappa shape index (κ1) is 25.1. The molecule has 0 aliphatic carbocycles. The van der Waals surface area contributed by atoms with Crippen LogP contribution in [0.4, 0.5) is 0 Å². The van der Waals surface area contributed by atoms with Gasteiger partial charge in [0.2, 0.25) is 0 Å².